The fourth-order valence-electron chi connectivity index (χ4n) is 1.87. The minimum atomic E-state index is -4.40. The summed E-state index contributed by atoms with van der Waals surface area (Å²) in [6.45, 7) is 4.31. The number of hydrogen-bond donors (Lipinski definition) is 1. The fourth-order valence-corrected chi connectivity index (χ4v) is 1.87. The van der Waals surface area contributed by atoms with Crippen molar-refractivity contribution < 1.29 is 13.2 Å². The third-order valence-electron chi connectivity index (χ3n) is 2.86. The monoisotopic (exact) mass is 283 g/mol. The minimum Gasteiger partial charge on any atom is -0.310 e. The highest BCUT2D eigenvalue weighted by atomic mass is 19.4. The number of rotatable bonds is 4. The number of hydrogen-bond acceptors (Lipinski definition) is 2. The Bertz CT molecular complexity index is 560. The number of nitrogens with zero attached hydrogens (tertiary/aromatic N) is 2. The van der Waals surface area contributed by atoms with Crippen LogP contribution in [0.2, 0.25) is 0 Å². The summed E-state index contributed by atoms with van der Waals surface area (Å²) in [6, 6.07) is 4.57. The van der Waals surface area contributed by atoms with E-state index in [1.807, 2.05) is 13.8 Å². The molecule has 108 valence electrons. The largest absolute Gasteiger partial charge is 0.418 e. The minimum absolute atomic E-state index is 0.0864. The molecule has 0 spiro atoms. The molecule has 0 aliphatic rings. The van der Waals surface area contributed by atoms with Crippen LogP contribution in [-0.4, -0.2) is 15.6 Å². The SMILES string of the molecule is CC(C)NCc1ccc(-n2ccnc2)c(C(F)(F)F)c1. The number of nitrogens with one attached hydrogen (secondary N) is 1. The quantitative estimate of drug-likeness (QED) is 0.932. The Labute approximate surface area is 115 Å². The molecule has 0 saturated heterocycles. The van der Waals surface area contributed by atoms with Crippen LogP contribution in [0.1, 0.15) is 25.0 Å². The second kappa shape index (κ2) is 5.66. The zero-order valence-electron chi connectivity index (χ0n) is 11.3. The summed E-state index contributed by atoms with van der Waals surface area (Å²) >= 11 is 0. The molecule has 0 amide bonds. The van der Waals surface area contributed by atoms with Gasteiger partial charge in [0.05, 0.1) is 17.6 Å². The molecular weight excluding hydrogens is 267 g/mol. The maximum atomic E-state index is 13.2. The van der Waals surface area contributed by atoms with Gasteiger partial charge < -0.3 is 9.88 Å². The Morgan fingerprint density at radius 1 is 1.30 bits per heavy atom. The molecule has 1 aromatic carbocycles. The van der Waals surface area contributed by atoms with Crippen molar-refractivity contribution in [3.63, 3.8) is 0 Å². The molecule has 3 nitrogen and oxygen atoms in total. The highest BCUT2D eigenvalue weighted by Gasteiger charge is 2.34. The van der Waals surface area contributed by atoms with Crippen molar-refractivity contribution in [2.24, 2.45) is 0 Å². The van der Waals surface area contributed by atoms with Crippen molar-refractivity contribution in [1.82, 2.24) is 14.9 Å². The zero-order chi connectivity index (χ0) is 14.8. The molecule has 0 radical (unpaired) electrons. The first kappa shape index (κ1) is 14.6. The van der Waals surface area contributed by atoms with E-state index in [0.29, 0.717) is 12.1 Å². The molecule has 2 rings (SSSR count). The van der Waals surface area contributed by atoms with Crippen LogP contribution in [0.3, 0.4) is 0 Å². The first-order valence-electron chi connectivity index (χ1n) is 6.30. The van der Waals surface area contributed by atoms with Gasteiger partial charge >= 0.3 is 6.18 Å². The van der Waals surface area contributed by atoms with Crippen LogP contribution >= 0.6 is 0 Å². The van der Waals surface area contributed by atoms with Gasteiger partial charge in [-0.3, -0.25) is 0 Å². The summed E-state index contributed by atoms with van der Waals surface area (Å²) in [4.78, 5) is 3.79. The van der Waals surface area contributed by atoms with Gasteiger partial charge in [0, 0.05) is 25.0 Å². The Hall–Kier alpha value is -1.82. The van der Waals surface area contributed by atoms with E-state index in [4.69, 9.17) is 0 Å². The molecule has 2 aromatic rings. The number of imidazole rings is 1. The molecular formula is C14H16F3N3. The van der Waals surface area contributed by atoms with Crippen LogP contribution < -0.4 is 5.32 Å². The van der Waals surface area contributed by atoms with E-state index < -0.39 is 11.7 Å². The summed E-state index contributed by atoms with van der Waals surface area (Å²) in [5.41, 5.74) is 0.0387. The van der Waals surface area contributed by atoms with Crippen LogP contribution in [-0.2, 0) is 12.7 Å². The van der Waals surface area contributed by atoms with E-state index >= 15 is 0 Å². The van der Waals surface area contributed by atoms with Gasteiger partial charge in [0.15, 0.2) is 0 Å². The van der Waals surface area contributed by atoms with Crippen molar-refractivity contribution in [2.45, 2.75) is 32.6 Å². The lowest BCUT2D eigenvalue weighted by Gasteiger charge is -2.16. The highest BCUT2D eigenvalue weighted by molar-refractivity contribution is 5.45. The molecule has 6 heteroatoms. The molecule has 0 aliphatic heterocycles. The van der Waals surface area contributed by atoms with Crippen molar-refractivity contribution in [2.75, 3.05) is 0 Å². The maximum Gasteiger partial charge on any atom is 0.418 e. The molecule has 20 heavy (non-hydrogen) atoms. The second-order valence-corrected chi connectivity index (χ2v) is 4.85. The molecule has 0 atom stereocenters. The Morgan fingerprint density at radius 2 is 2.05 bits per heavy atom. The standard InChI is InChI=1S/C14H16F3N3/c1-10(2)19-8-11-3-4-13(20-6-5-18-9-20)12(7-11)14(15,16)17/h3-7,9-10,19H,8H2,1-2H3. The number of aromatic nitrogens is 2. The molecule has 1 aromatic heterocycles. The normalized spacial score (nSPS) is 12.1. The number of benzene rings is 1. The van der Waals surface area contributed by atoms with Gasteiger partial charge in [0.25, 0.3) is 0 Å². The smallest absolute Gasteiger partial charge is 0.310 e. The molecule has 0 bridgehead atoms. The van der Waals surface area contributed by atoms with Crippen LogP contribution in [0.4, 0.5) is 13.2 Å². The first-order chi connectivity index (χ1) is 9.38. The lowest BCUT2D eigenvalue weighted by atomic mass is 10.1. The Morgan fingerprint density at radius 3 is 2.60 bits per heavy atom. The summed E-state index contributed by atoms with van der Waals surface area (Å²) in [5, 5.41) is 3.11. The highest BCUT2D eigenvalue weighted by Crippen LogP contribution is 2.34. The Balaban J connectivity index is 2.39. The van der Waals surface area contributed by atoms with Crippen LogP contribution in [0.25, 0.3) is 5.69 Å². The predicted octanol–water partition coefficient (Wildman–Crippen LogP) is 3.39. The number of alkyl halides is 3. The maximum absolute atomic E-state index is 13.2. The van der Waals surface area contributed by atoms with Gasteiger partial charge in [0.1, 0.15) is 0 Å². The van der Waals surface area contributed by atoms with Gasteiger partial charge in [-0.15, -0.1) is 0 Å². The average Bonchev–Trinajstić information content (AvgIpc) is 2.88. The molecule has 1 heterocycles. The third kappa shape index (κ3) is 3.39. The van der Waals surface area contributed by atoms with Crippen molar-refractivity contribution >= 4 is 0 Å². The van der Waals surface area contributed by atoms with Gasteiger partial charge in [-0.25, -0.2) is 4.98 Å². The average molecular weight is 283 g/mol. The zero-order valence-corrected chi connectivity index (χ0v) is 11.3. The van der Waals surface area contributed by atoms with Crippen molar-refractivity contribution in [3.05, 3.63) is 48.0 Å². The Kier molecular flexibility index (Phi) is 4.13. The van der Waals surface area contributed by atoms with Crippen molar-refractivity contribution in [1.29, 1.82) is 0 Å². The molecule has 1 N–H and O–H groups in total. The van der Waals surface area contributed by atoms with Gasteiger partial charge in [0.2, 0.25) is 0 Å². The van der Waals surface area contributed by atoms with E-state index in [-0.39, 0.29) is 11.7 Å². The lowest BCUT2D eigenvalue weighted by Crippen LogP contribution is -2.22. The van der Waals surface area contributed by atoms with Crippen LogP contribution in [0.5, 0.6) is 0 Å². The number of halogens is 3. The van der Waals surface area contributed by atoms with Gasteiger partial charge in [-0.05, 0) is 17.7 Å². The third-order valence-corrected chi connectivity index (χ3v) is 2.86. The van der Waals surface area contributed by atoms with E-state index in [1.54, 1.807) is 6.07 Å². The van der Waals surface area contributed by atoms with Gasteiger partial charge in [-0.1, -0.05) is 19.9 Å². The summed E-state index contributed by atoms with van der Waals surface area (Å²) in [5.74, 6) is 0. The predicted molar refractivity (Wildman–Crippen MR) is 70.5 cm³/mol. The topological polar surface area (TPSA) is 29.9 Å². The summed E-state index contributed by atoms with van der Waals surface area (Å²) in [6.07, 6.45) is -0.0882. The summed E-state index contributed by atoms with van der Waals surface area (Å²) < 4.78 is 40.9. The lowest BCUT2D eigenvalue weighted by molar-refractivity contribution is -0.137. The van der Waals surface area contributed by atoms with E-state index in [2.05, 4.69) is 10.3 Å². The van der Waals surface area contributed by atoms with E-state index in [9.17, 15) is 13.2 Å². The van der Waals surface area contributed by atoms with E-state index in [1.165, 1.54) is 35.4 Å². The van der Waals surface area contributed by atoms with Crippen molar-refractivity contribution in [3.8, 4) is 5.69 Å². The summed E-state index contributed by atoms with van der Waals surface area (Å²) in [7, 11) is 0. The van der Waals surface area contributed by atoms with Crippen LogP contribution in [0.15, 0.2) is 36.9 Å². The molecule has 0 unspecified atom stereocenters. The van der Waals surface area contributed by atoms with E-state index in [0.717, 1.165) is 0 Å². The van der Waals surface area contributed by atoms with Gasteiger partial charge in [-0.2, -0.15) is 13.2 Å². The molecule has 0 fully saturated rings. The fraction of sp³-hybridized carbons (Fsp3) is 0.357. The second-order valence-electron chi connectivity index (χ2n) is 4.85. The first-order valence-corrected chi connectivity index (χ1v) is 6.30. The molecule has 0 saturated carbocycles. The van der Waals surface area contributed by atoms with Crippen LogP contribution in [0, 0.1) is 0 Å². The molecule has 0 aliphatic carbocycles.